The molecule has 0 aliphatic heterocycles. The number of benzene rings is 2. The van der Waals surface area contributed by atoms with Crippen molar-refractivity contribution in [3.05, 3.63) is 48.5 Å². The summed E-state index contributed by atoms with van der Waals surface area (Å²) in [6.07, 6.45) is 1.43. The fourth-order valence-electron chi connectivity index (χ4n) is 2.52. The monoisotopic (exact) mass is 383 g/mol. The Bertz CT molecular complexity index is 773. The highest BCUT2D eigenvalue weighted by atomic mass is 16.5. The Balaban J connectivity index is 1.80. The van der Waals surface area contributed by atoms with Crippen LogP contribution >= 0.6 is 0 Å². The zero-order valence-corrected chi connectivity index (χ0v) is 16.7. The SMILES string of the molecule is CCCOc1cccc(NCC(=O)Nc2ccc(NC(=O)CC(C)C)cc2)c1. The Morgan fingerprint density at radius 3 is 2.18 bits per heavy atom. The van der Waals surface area contributed by atoms with Crippen molar-refractivity contribution in [2.45, 2.75) is 33.6 Å². The first-order valence-corrected chi connectivity index (χ1v) is 9.62. The molecule has 0 bridgehead atoms. The molecule has 0 spiro atoms. The predicted molar refractivity (Wildman–Crippen MR) is 114 cm³/mol. The third-order valence-electron chi connectivity index (χ3n) is 3.81. The third kappa shape index (κ3) is 7.70. The van der Waals surface area contributed by atoms with Gasteiger partial charge in [-0.1, -0.05) is 26.8 Å². The maximum Gasteiger partial charge on any atom is 0.243 e. The van der Waals surface area contributed by atoms with Gasteiger partial charge in [-0.05, 0) is 48.7 Å². The molecule has 6 nitrogen and oxygen atoms in total. The lowest BCUT2D eigenvalue weighted by Crippen LogP contribution is -2.21. The largest absolute Gasteiger partial charge is 0.494 e. The van der Waals surface area contributed by atoms with E-state index in [2.05, 4.69) is 22.9 Å². The molecule has 2 aromatic rings. The van der Waals surface area contributed by atoms with Gasteiger partial charge in [0.05, 0.1) is 13.2 Å². The molecule has 28 heavy (non-hydrogen) atoms. The van der Waals surface area contributed by atoms with Crippen molar-refractivity contribution in [1.82, 2.24) is 0 Å². The normalized spacial score (nSPS) is 10.4. The summed E-state index contributed by atoms with van der Waals surface area (Å²) in [5.74, 6) is 0.921. The molecule has 0 unspecified atom stereocenters. The van der Waals surface area contributed by atoms with Crippen LogP contribution in [0.3, 0.4) is 0 Å². The second-order valence-corrected chi connectivity index (χ2v) is 7.00. The molecule has 2 amide bonds. The number of hydrogen-bond donors (Lipinski definition) is 3. The van der Waals surface area contributed by atoms with Gasteiger partial charge in [0.2, 0.25) is 11.8 Å². The smallest absolute Gasteiger partial charge is 0.243 e. The number of carbonyl (C=O) groups is 2. The molecule has 0 fully saturated rings. The van der Waals surface area contributed by atoms with Crippen LogP contribution in [0.4, 0.5) is 17.1 Å². The third-order valence-corrected chi connectivity index (χ3v) is 3.81. The van der Waals surface area contributed by atoms with E-state index < -0.39 is 0 Å². The van der Waals surface area contributed by atoms with Crippen molar-refractivity contribution in [2.75, 3.05) is 29.1 Å². The number of nitrogens with one attached hydrogen (secondary N) is 3. The van der Waals surface area contributed by atoms with Crippen LogP contribution in [0.1, 0.15) is 33.6 Å². The number of hydrogen-bond acceptors (Lipinski definition) is 4. The van der Waals surface area contributed by atoms with Crippen LogP contribution in [-0.4, -0.2) is 25.0 Å². The summed E-state index contributed by atoms with van der Waals surface area (Å²) in [7, 11) is 0. The summed E-state index contributed by atoms with van der Waals surface area (Å²) >= 11 is 0. The average molecular weight is 383 g/mol. The van der Waals surface area contributed by atoms with Crippen LogP contribution < -0.4 is 20.7 Å². The van der Waals surface area contributed by atoms with Gasteiger partial charge < -0.3 is 20.7 Å². The number of rotatable bonds is 10. The average Bonchev–Trinajstić information content (AvgIpc) is 2.66. The van der Waals surface area contributed by atoms with Crippen LogP contribution in [-0.2, 0) is 9.59 Å². The molecule has 0 aliphatic carbocycles. The molecule has 2 rings (SSSR count). The Morgan fingerprint density at radius 2 is 1.57 bits per heavy atom. The van der Waals surface area contributed by atoms with Gasteiger partial charge >= 0.3 is 0 Å². The van der Waals surface area contributed by atoms with Gasteiger partial charge in [-0.3, -0.25) is 9.59 Å². The highest BCUT2D eigenvalue weighted by molar-refractivity contribution is 5.94. The van der Waals surface area contributed by atoms with Crippen molar-refractivity contribution in [2.24, 2.45) is 5.92 Å². The second-order valence-electron chi connectivity index (χ2n) is 7.00. The molecule has 0 aliphatic rings. The van der Waals surface area contributed by atoms with E-state index in [1.54, 1.807) is 24.3 Å². The second kappa shape index (κ2) is 11.0. The van der Waals surface area contributed by atoms with Crippen molar-refractivity contribution < 1.29 is 14.3 Å². The summed E-state index contributed by atoms with van der Waals surface area (Å²) in [6, 6.07) is 14.6. The van der Waals surface area contributed by atoms with Gasteiger partial charge in [0.1, 0.15) is 5.75 Å². The first-order chi connectivity index (χ1) is 13.5. The molecule has 0 saturated heterocycles. The number of amides is 2. The highest BCUT2D eigenvalue weighted by Gasteiger charge is 2.06. The molecular weight excluding hydrogens is 354 g/mol. The summed E-state index contributed by atoms with van der Waals surface area (Å²) < 4.78 is 5.59. The topological polar surface area (TPSA) is 79.5 Å². The zero-order chi connectivity index (χ0) is 20.4. The fraction of sp³-hybridized carbons (Fsp3) is 0.364. The van der Waals surface area contributed by atoms with E-state index in [0.29, 0.717) is 30.3 Å². The van der Waals surface area contributed by atoms with Crippen LogP contribution in [0.2, 0.25) is 0 Å². The number of anilines is 3. The van der Waals surface area contributed by atoms with E-state index in [1.807, 2.05) is 38.1 Å². The van der Waals surface area contributed by atoms with Crippen molar-refractivity contribution >= 4 is 28.9 Å². The lowest BCUT2D eigenvalue weighted by Gasteiger charge is -2.11. The summed E-state index contributed by atoms with van der Waals surface area (Å²) in [5.41, 5.74) is 2.21. The van der Waals surface area contributed by atoms with E-state index in [1.165, 1.54) is 0 Å². The van der Waals surface area contributed by atoms with Crippen LogP contribution in [0, 0.1) is 5.92 Å². The summed E-state index contributed by atoms with van der Waals surface area (Å²) in [5, 5.41) is 8.76. The van der Waals surface area contributed by atoms with Crippen molar-refractivity contribution in [3.63, 3.8) is 0 Å². The Hall–Kier alpha value is -3.02. The Labute approximate surface area is 166 Å². The molecule has 0 radical (unpaired) electrons. The zero-order valence-electron chi connectivity index (χ0n) is 16.7. The van der Waals surface area contributed by atoms with Gasteiger partial charge in [0, 0.05) is 29.5 Å². The molecule has 2 aromatic carbocycles. The molecule has 150 valence electrons. The van der Waals surface area contributed by atoms with Crippen molar-refractivity contribution in [1.29, 1.82) is 0 Å². The predicted octanol–water partition coefficient (Wildman–Crippen LogP) is 4.51. The summed E-state index contributed by atoms with van der Waals surface area (Å²) in [4.78, 5) is 23.9. The van der Waals surface area contributed by atoms with Crippen LogP contribution in [0.15, 0.2) is 48.5 Å². The van der Waals surface area contributed by atoms with Crippen LogP contribution in [0.25, 0.3) is 0 Å². The number of carbonyl (C=O) groups excluding carboxylic acids is 2. The lowest BCUT2D eigenvalue weighted by molar-refractivity contribution is -0.117. The van der Waals surface area contributed by atoms with Gasteiger partial charge in [-0.25, -0.2) is 0 Å². The van der Waals surface area contributed by atoms with E-state index in [0.717, 1.165) is 17.9 Å². The quantitative estimate of drug-likeness (QED) is 0.564. The molecule has 3 N–H and O–H groups in total. The fourth-order valence-corrected chi connectivity index (χ4v) is 2.52. The highest BCUT2D eigenvalue weighted by Crippen LogP contribution is 2.18. The van der Waals surface area contributed by atoms with E-state index in [4.69, 9.17) is 4.74 Å². The lowest BCUT2D eigenvalue weighted by atomic mass is 10.1. The number of ether oxygens (including phenoxy) is 1. The molecular formula is C22H29N3O3. The Morgan fingerprint density at radius 1 is 0.929 bits per heavy atom. The van der Waals surface area contributed by atoms with Gasteiger partial charge in [-0.2, -0.15) is 0 Å². The first-order valence-electron chi connectivity index (χ1n) is 9.62. The maximum absolute atomic E-state index is 12.2. The summed E-state index contributed by atoms with van der Waals surface area (Å²) in [6.45, 7) is 6.86. The van der Waals surface area contributed by atoms with Crippen molar-refractivity contribution in [3.8, 4) is 5.75 Å². The standard InChI is InChI=1S/C22H29N3O3/c1-4-12-28-20-7-5-6-19(14-20)23-15-22(27)25-18-10-8-17(9-11-18)24-21(26)13-16(2)3/h5-11,14,16,23H,4,12-13,15H2,1-3H3,(H,24,26)(H,25,27). The van der Waals surface area contributed by atoms with Crippen LogP contribution in [0.5, 0.6) is 5.75 Å². The Kier molecular flexibility index (Phi) is 8.34. The van der Waals surface area contributed by atoms with Gasteiger partial charge in [0.25, 0.3) is 0 Å². The van der Waals surface area contributed by atoms with E-state index in [9.17, 15) is 9.59 Å². The molecule has 0 saturated carbocycles. The first kappa shape index (κ1) is 21.3. The maximum atomic E-state index is 12.2. The molecule has 0 heterocycles. The molecule has 6 heteroatoms. The van der Waals surface area contributed by atoms with Gasteiger partial charge in [-0.15, -0.1) is 0 Å². The molecule has 0 aromatic heterocycles. The minimum atomic E-state index is -0.156. The minimum Gasteiger partial charge on any atom is -0.494 e. The van der Waals surface area contributed by atoms with Gasteiger partial charge in [0.15, 0.2) is 0 Å². The van der Waals surface area contributed by atoms with E-state index in [-0.39, 0.29) is 18.4 Å². The van der Waals surface area contributed by atoms with E-state index >= 15 is 0 Å². The minimum absolute atomic E-state index is 0.0128. The molecule has 0 atom stereocenters.